The van der Waals surface area contributed by atoms with Crippen LogP contribution in [0.5, 0.6) is 0 Å². The van der Waals surface area contributed by atoms with E-state index in [4.69, 9.17) is 11.6 Å². The zero-order chi connectivity index (χ0) is 14.0. The molecule has 102 valence electrons. The summed E-state index contributed by atoms with van der Waals surface area (Å²) in [6.07, 6.45) is 0. The van der Waals surface area contributed by atoms with Crippen molar-refractivity contribution in [2.45, 2.75) is 32.9 Å². The van der Waals surface area contributed by atoms with Crippen molar-refractivity contribution >= 4 is 34.2 Å². The molecule has 0 radical (unpaired) electrons. The molecule has 19 heavy (non-hydrogen) atoms. The highest BCUT2D eigenvalue weighted by Gasteiger charge is 2.15. The Kier molecular flexibility index (Phi) is 4.42. The van der Waals surface area contributed by atoms with E-state index in [1.54, 1.807) is 4.68 Å². The van der Waals surface area contributed by atoms with Gasteiger partial charge in [-0.2, -0.15) is 4.68 Å². The molecule has 1 N–H and O–H groups in total. The van der Waals surface area contributed by atoms with Crippen molar-refractivity contribution in [2.24, 2.45) is 0 Å². The van der Waals surface area contributed by atoms with Gasteiger partial charge in [0.1, 0.15) is 0 Å². The molecule has 0 atom stereocenters. The van der Waals surface area contributed by atoms with Gasteiger partial charge in [-0.05, 0) is 72.0 Å². The lowest BCUT2D eigenvalue weighted by atomic mass is 10.1. The molecule has 1 aromatic heterocycles. The van der Waals surface area contributed by atoms with Gasteiger partial charge in [0.25, 0.3) is 0 Å². The molecule has 0 spiro atoms. The lowest BCUT2D eigenvalue weighted by Gasteiger charge is -2.20. The molecule has 5 nitrogen and oxygen atoms in total. The Morgan fingerprint density at radius 1 is 1.37 bits per heavy atom. The van der Waals surface area contributed by atoms with Gasteiger partial charge in [-0.3, -0.25) is 0 Å². The van der Waals surface area contributed by atoms with Crippen LogP contribution in [-0.2, 0) is 6.54 Å². The van der Waals surface area contributed by atoms with Gasteiger partial charge in [-0.1, -0.05) is 11.6 Å². The van der Waals surface area contributed by atoms with E-state index in [9.17, 15) is 0 Å². The fraction of sp³-hybridized carbons (Fsp3) is 0.417. The van der Waals surface area contributed by atoms with Crippen LogP contribution in [0, 0.1) is 3.57 Å². The van der Waals surface area contributed by atoms with E-state index in [0.29, 0.717) is 11.6 Å². The van der Waals surface area contributed by atoms with Crippen LogP contribution in [0.15, 0.2) is 18.2 Å². The first-order valence-corrected chi connectivity index (χ1v) is 7.30. The first-order valence-electron chi connectivity index (χ1n) is 5.84. The van der Waals surface area contributed by atoms with Crippen molar-refractivity contribution in [3.05, 3.63) is 32.6 Å². The summed E-state index contributed by atoms with van der Waals surface area (Å²) in [7, 11) is 0. The average Bonchev–Trinajstić information content (AvgIpc) is 2.73. The summed E-state index contributed by atoms with van der Waals surface area (Å²) in [4.78, 5) is 0. The zero-order valence-electron chi connectivity index (χ0n) is 11.0. The molecule has 0 amide bonds. The minimum Gasteiger partial charge on any atom is -0.305 e. The van der Waals surface area contributed by atoms with Gasteiger partial charge in [0.15, 0.2) is 5.82 Å². The van der Waals surface area contributed by atoms with Crippen LogP contribution in [0.1, 0.15) is 26.6 Å². The lowest BCUT2D eigenvalue weighted by molar-refractivity contribution is 0.415. The maximum Gasteiger partial charge on any atom is 0.170 e. The molecular weight excluding hydrogens is 377 g/mol. The zero-order valence-corrected chi connectivity index (χ0v) is 13.9. The number of tetrazole rings is 1. The molecular formula is C12H15ClIN5. The number of aromatic nitrogens is 4. The largest absolute Gasteiger partial charge is 0.305 e. The van der Waals surface area contributed by atoms with E-state index < -0.39 is 0 Å². The molecule has 0 bridgehead atoms. The predicted molar refractivity (Wildman–Crippen MR) is 83.5 cm³/mol. The van der Waals surface area contributed by atoms with Gasteiger partial charge in [0.2, 0.25) is 0 Å². The quantitative estimate of drug-likeness (QED) is 0.818. The summed E-state index contributed by atoms with van der Waals surface area (Å²) >= 11 is 8.46. The molecule has 2 aromatic rings. The number of nitrogens with zero attached hydrogens (tertiary/aromatic N) is 4. The fourth-order valence-corrected chi connectivity index (χ4v) is 2.44. The number of nitrogens with one attached hydrogen (secondary N) is 1. The minimum absolute atomic E-state index is 0.00659. The van der Waals surface area contributed by atoms with Crippen molar-refractivity contribution in [1.29, 1.82) is 0 Å². The number of benzene rings is 1. The molecule has 0 fully saturated rings. The SMILES string of the molecule is CC(C)(C)NCc1nnnn1-c1ccc(I)cc1Cl. The van der Waals surface area contributed by atoms with Crippen molar-refractivity contribution in [2.75, 3.05) is 0 Å². The second-order valence-electron chi connectivity index (χ2n) is 5.21. The Morgan fingerprint density at radius 3 is 2.74 bits per heavy atom. The van der Waals surface area contributed by atoms with Crippen molar-refractivity contribution < 1.29 is 0 Å². The summed E-state index contributed by atoms with van der Waals surface area (Å²) < 4.78 is 2.74. The van der Waals surface area contributed by atoms with Gasteiger partial charge in [0, 0.05) is 9.11 Å². The van der Waals surface area contributed by atoms with Gasteiger partial charge < -0.3 is 5.32 Å². The normalized spacial score (nSPS) is 11.8. The average molecular weight is 392 g/mol. The third-order valence-electron chi connectivity index (χ3n) is 2.45. The van der Waals surface area contributed by atoms with E-state index >= 15 is 0 Å². The summed E-state index contributed by atoms with van der Waals surface area (Å²) in [5, 5.41) is 15.8. The number of hydrogen-bond acceptors (Lipinski definition) is 4. The summed E-state index contributed by atoms with van der Waals surface area (Å²) in [6.45, 7) is 6.87. The van der Waals surface area contributed by atoms with Gasteiger partial charge >= 0.3 is 0 Å². The molecule has 1 heterocycles. The third kappa shape index (κ3) is 3.87. The maximum atomic E-state index is 6.24. The van der Waals surface area contributed by atoms with E-state index in [1.807, 2.05) is 18.2 Å². The highest BCUT2D eigenvalue weighted by molar-refractivity contribution is 14.1. The molecule has 0 aliphatic carbocycles. The van der Waals surface area contributed by atoms with Gasteiger partial charge in [0.05, 0.1) is 17.3 Å². The molecule has 1 aromatic carbocycles. The van der Waals surface area contributed by atoms with E-state index in [-0.39, 0.29) is 5.54 Å². The molecule has 2 rings (SSSR count). The first-order chi connectivity index (χ1) is 8.87. The molecule has 0 saturated carbocycles. The highest BCUT2D eigenvalue weighted by atomic mass is 127. The Labute approximate surface area is 130 Å². The predicted octanol–water partition coefficient (Wildman–Crippen LogP) is 2.81. The minimum atomic E-state index is 0.00659. The van der Waals surface area contributed by atoms with Crippen LogP contribution < -0.4 is 5.32 Å². The lowest BCUT2D eigenvalue weighted by Crippen LogP contribution is -2.35. The Hall–Kier alpha value is -0.730. The molecule has 0 saturated heterocycles. The van der Waals surface area contributed by atoms with Gasteiger partial charge in [-0.25, -0.2) is 0 Å². The van der Waals surface area contributed by atoms with Crippen LogP contribution in [0.3, 0.4) is 0 Å². The Bertz CT molecular complexity index is 576. The van der Waals surface area contributed by atoms with Crippen molar-refractivity contribution in [3.8, 4) is 5.69 Å². The van der Waals surface area contributed by atoms with Crippen LogP contribution >= 0.6 is 34.2 Å². The van der Waals surface area contributed by atoms with Crippen molar-refractivity contribution in [3.63, 3.8) is 0 Å². The number of hydrogen-bond donors (Lipinski definition) is 1. The van der Waals surface area contributed by atoms with Crippen molar-refractivity contribution in [1.82, 2.24) is 25.5 Å². The molecule has 0 aliphatic heterocycles. The number of halogens is 2. The van der Waals surface area contributed by atoms with E-state index in [2.05, 4.69) is 64.2 Å². The maximum absolute atomic E-state index is 6.24. The third-order valence-corrected chi connectivity index (χ3v) is 3.42. The van der Waals surface area contributed by atoms with Gasteiger partial charge in [-0.15, -0.1) is 5.10 Å². The smallest absolute Gasteiger partial charge is 0.170 e. The van der Waals surface area contributed by atoms with E-state index in [0.717, 1.165) is 15.1 Å². The summed E-state index contributed by atoms with van der Waals surface area (Å²) in [6, 6.07) is 5.78. The summed E-state index contributed by atoms with van der Waals surface area (Å²) in [5.74, 6) is 0.734. The second-order valence-corrected chi connectivity index (χ2v) is 6.86. The topological polar surface area (TPSA) is 55.6 Å². The molecule has 0 unspecified atom stereocenters. The van der Waals surface area contributed by atoms with Crippen LogP contribution in [0.25, 0.3) is 5.69 Å². The molecule has 0 aliphatic rings. The summed E-state index contributed by atoms with van der Waals surface area (Å²) in [5.41, 5.74) is 0.796. The fourth-order valence-electron chi connectivity index (χ4n) is 1.50. The standard InChI is InChI=1S/C12H15ClIN5/c1-12(2,3)15-7-11-16-17-18-19(11)10-5-4-8(14)6-9(10)13/h4-6,15H,7H2,1-3H3. The van der Waals surface area contributed by atoms with Crippen LogP contribution in [-0.4, -0.2) is 25.7 Å². The van der Waals surface area contributed by atoms with Crippen LogP contribution in [0.4, 0.5) is 0 Å². The van der Waals surface area contributed by atoms with Crippen LogP contribution in [0.2, 0.25) is 5.02 Å². The second kappa shape index (κ2) is 5.72. The Morgan fingerprint density at radius 2 is 2.11 bits per heavy atom. The highest BCUT2D eigenvalue weighted by Crippen LogP contribution is 2.22. The monoisotopic (exact) mass is 391 g/mol. The van der Waals surface area contributed by atoms with E-state index in [1.165, 1.54) is 0 Å². The number of rotatable bonds is 3. The first kappa shape index (κ1) is 14.7. The Balaban J connectivity index is 2.28. The molecule has 7 heteroatoms.